The van der Waals surface area contributed by atoms with Crippen LogP contribution in [0.15, 0.2) is 47.5 Å². The number of anilines is 4. The number of likely N-dealkylation sites (N-methyl/N-ethyl adjacent to an activating group) is 1. The molecule has 4 saturated heterocycles. The first-order valence-corrected chi connectivity index (χ1v) is 19.8. The lowest BCUT2D eigenvalue weighted by atomic mass is 9.64. The fraction of sp³-hybridized carbons (Fsp3) is 0.450. The van der Waals surface area contributed by atoms with Gasteiger partial charge in [-0.25, -0.2) is 9.97 Å². The Morgan fingerprint density at radius 1 is 1.07 bits per heavy atom. The van der Waals surface area contributed by atoms with Crippen molar-refractivity contribution in [3.63, 3.8) is 0 Å². The van der Waals surface area contributed by atoms with E-state index in [9.17, 15) is 19.2 Å². The van der Waals surface area contributed by atoms with E-state index < -0.39 is 11.5 Å². The van der Waals surface area contributed by atoms with Crippen molar-refractivity contribution >= 4 is 74.4 Å². The fourth-order valence-corrected chi connectivity index (χ4v) is 9.29. The molecule has 8 heterocycles. The molecule has 4 aromatic heterocycles. The smallest absolute Gasteiger partial charge is 0.294 e. The SMILES string of the molecule is CNC(=O)COc1cc2cc(Nc3nc(N4CC5(CC[C@H](Nc6ccc7c(C8CCC(=O)NC8=O)nn(C)c7c6)[C@]6(C)CC(C5)O6)C4)ncc3Cl)cnc2n(C)c1=O. The molecule has 2 unspecified atom stereocenters. The van der Waals surface area contributed by atoms with E-state index in [-0.39, 0.29) is 53.2 Å². The van der Waals surface area contributed by atoms with Gasteiger partial charge >= 0.3 is 0 Å². The van der Waals surface area contributed by atoms with Gasteiger partial charge in [0.05, 0.1) is 53.0 Å². The van der Waals surface area contributed by atoms with Crippen LogP contribution in [-0.4, -0.2) is 91.5 Å². The second-order valence-corrected chi connectivity index (χ2v) is 16.7. The van der Waals surface area contributed by atoms with Gasteiger partial charge in [0.15, 0.2) is 18.2 Å². The van der Waals surface area contributed by atoms with Crippen LogP contribution in [0.5, 0.6) is 5.75 Å². The zero-order chi connectivity index (χ0) is 40.5. The van der Waals surface area contributed by atoms with E-state index in [2.05, 4.69) is 49.1 Å². The van der Waals surface area contributed by atoms with Crippen LogP contribution >= 0.6 is 11.6 Å². The third-order valence-corrected chi connectivity index (χ3v) is 12.5. The quantitative estimate of drug-likeness (QED) is 0.158. The molecule has 1 spiro atoms. The average Bonchev–Trinajstić information content (AvgIpc) is 3.49. The van der Waals surface area contributed by atoms with Crippen molar-refractivity contribution < 1.29 is 23.9 Å². The highest BCUT2D eigenvalue weighted by atomic mass is 35.5. The summed E-state index contributed by atoms with van der Waals surface area (Å²) >= 11 is 6.59. The van der Waals surface area contributed by atoms with Gasteiger partial charge in [0.25, 0.3) is 11.5 Å². The number of piperidine rings is 1. The van der Waals surface area contributed by atoms with Crippen LogP contribution in [-0.2, 0) is 33.2 Å². The zero-order valence-corrected chi connectivity index (χ0v) is 33.4. The van der Waals surface area contributed by atoms with Crippen molar-refractivity contribution in [2.75, 3.05) is 42.3 Å². The van der Waals surface area contributed by atoms with E-state index in [1.54, 1.807) is 30.2 Å². The summed E-state index contributed by atoms with van der Waals surface area (Å²) in [5.74, 6) is -0.321. The summed E-state index contributed by atoms with van der Waals surface area (Å²) in [7, 11) is 4.97. The van der Waals surface area contributed by atoms with Crippen LogP contribution in [0.3, 0.4) is 0 Å². The molecule has 58 heavy (non-hydrogen) atoms. The topological polar surface area (TPSA) is 200 Å². The van der Waals surface area contributed by atoms with E-state index in [4.69, 9.17) is 31.2 Å². The van der Waals surface area contributed by atoms with Crippen molar-refractivity contribution in [3.8, 4) is 5.75 Å². The van der Waals surface area contributed by atoms with Gasteiger partial charge in [-0.05, 0) is 62.9 Å². The van der Waals surface area contributed by atoms with Crippen molar-refractivity contribution in [2.24, 2.45) is 19.5 Å². The van der Waals surface area contributed by atoms with Gasteiger partial charge in [0.1, 0.15) is 10.7 Å². The Morgan fingerprint density at radius 3 is 2.66 bits per heavy atom. The Kier molecular flexibility index (Phi) is 9.26. The summed E-state index contributed by atoms with van der Waals surface area (Å²) in [4.78, 5) is 65.0. The maximum absolute atomic E-state index is 12.8. The first-order valence-electron chi connectivity index (χ1n) is 19.4. The number of carbonyl (C=O) groups is 3. The molecule has 0 radical (unpaired) electrons. The van der Waals surface area contributed by atoms with Crippen LogP contribution in [0.2, 0.25) is 5.02 Å². The monoisotopic (exact) mass is 809 g/mol. The molecular weight excluding hydrogens is 766 g/mol. The maximum atomic E-state index is 12.8. The summed E-state index contributed by atoms with van der Waals surface area (Å²) in [6.45, 7) is 3.47. The van der Waals surface area contributed by atoms with E-state index in [0.29, 0.717) is 52.0 Å². The Balaban J connectivity index is 0.878. The fourth-order valence-electron chi connectivity index (χ4n) is 9.15. The Hall–Kier alpha value is -5.81. The third kappa shape index (κ3) is 6.74. The first kappa shape index (κ1) is 37.7. The van der Waals surface area contributed by atoms with Crippen molar-refractivity contribution in [2.45, 2.75) is 69.1 Å². The molecule has 1 aliphatic carbocycles. The highest BCUT2D eigenvalue weighted by Crippen LogP contribution is 2.52. The molecule has 2 bridgehead atoms. The minimum atomic E-state index is -0.455. The largest absolute Gasteiger partial charge is 0.478 e. The predicted molar refractivity (Wildman–Crippen MR) is 217 cm³/mol. The number of hydrogen-bond acceptors (Lipinski definition) is 13. The highest BCUT2D eigenvalue weighted by molar-refractivity contribution is 6.33. The molecule has 3 amide bonds. The molecule has 4 aliphatic heterocycles. The normalized spacial score (nSPS) is 23.7. The number of nitrogens with one attached hydrogen (secondary N) is 4. The maximum Gasteiger partial charge on any atom is 0.294 e. The number of nitrogens with zero attached hydrogens (tertiary/aromatic N) is 7. The van der Waals surface area contributed by atoms with Gasteiger partial charge in [0.2, 0.25) is 17.8 Å². The zero-order valence-electron chi connectivity index (χ0n) is 32.6. The number of aryl methyl sites for hydroxylation is 2. The van der Waals surface area contributed by atoms with E-state index in [1.807, 2.05) is 25.2 Å². The van der Waals surface area contributed by atoms with E-state index in [1.165, 1.54) is 11.6 Å². The van der Waals surface area contributed by atoms with Crippen LogP contribution in [0, 0.1) is 5.41 Å². The second-order valence-electron chi connectivity index (χ2n) is 16.3. The molecule has 18 heteroatoms. The lowest BCUT2D eigenvalue weighted by Crippen LogP contribution is -2.66. The standard InChI is InChI=1S/C40H44ClN11O6/c1-39-14-24(58-39)15-40(10-9-30(39)45-22-5-6-25-28(13-22)51(4)49-33(25)26-7-8-31(53)47-36(26)55)19-52(20-40)38-44-17-27(41)34(48-38)46-23-11-21-12-29(57-18-32(54)42-2)37(56)50(3)35(21)43-16-23/h5-6,11-13,16-17,24,26,30,45H,7-10,14-15,18-20H2,1-4H3,(H,42,54)(H,44,46,48)(H,47,53,55)/t24?,26?,30-,39-/m0/s1. The number of halogens is 1. The number of aromatic nitrogens is 6. The molecule has 5 aliphatic rings. The van der Waals surface area contributed by atoms with E-state index >= 15 is 0 Å². The van der Waals surface area contributed by atoms with Gasteiger partial charge in [0, 0.05) is 68.9 Å². The Morgan fingerprint density at radius 2 is 1.88 bits per heavy atom. The predicted octanol–water partition coefficient (Wildman–Crippen LogP) is 3.67. The molecule has 10 rings (SSSR count). The molecule has 1 aromatic carbocycles. The number of amides is 3. The number of benzene rings is 1. The molecule has 1 saturated carbocycles. The van der Waals surface area contributed by atoms with Crippen LogP contribution in [0.25, 0.3) is 21.9 Å². The Bertz CT molecular complexity index is 2560. The van der Waals surface area contributed by atoms with Crippen molar-refractivity contribution in [1.29, 1.82) is 0 Å². The number of pyridine rings is 2. The second kappa shape index (κ2) is 14.2. The van der Waals surface area contributed by atoms with Gasteiger partial charge in [-0.15, -0.1) is 0 Å². The summed E-state index contributed by atoms with van der Waals surface area (Å²) in [6.07, 6.45) is 7.96. The molecule has 5 fully saturated rings. The summed E-state index contributed by atoms with van der Waals surface area (Å²) in [5, 5.41) is 18.6. The molecule has 4 N–H and O–H groups in total. The number of ether oxygens (including phenoxy) is 2. The number of imide groups is 1. The van der Waals surface area contributed by atoms with Crippen LogP contribution in [0.1, 0.15) is 57.1 Å². The first-order chi connectivity index (χ1) is 27.8. The van der Waals surface area contributed by atoms with Crippen molar-refractivity contribution in [1.82, 2.24) is 39.9 Å². The minimum absolute atomic E-state index is 0.0353. The van der Waals surface area contributed by atoms with Gasteiger partial charge in [-0.2, -0.15) is 10.1 Å². The highest BCUT2D eigenvalue weighted by Gasteiger charge is 2.56. The van der Waals surface area contributed by atoms with Gasteiger partial charge < -0.3 is 30.3 Å². The lowest BCUT2D eigenvalue weighted by Gasteiger charge is -2.60. The third-order valence-electron chi connectivity index (χ3n) is 12.2. The molecule has 17 nitrogen and oxygen atoms in total. The average molecular weight is 810 g/mol. The van der Waals surface area contributed by atoms with Gasteiger partial charge in [-0.3, -0.25) is 33.7 Å². The summed E-state index contributed by atoms with van der Waals surface area (Å²) < 4.78 is 15.3. The summed E-state index contributed by atoms with van der Waals surface area (Å²) in [6, 6.07) is 9.59. The van der Waals surface area contributed by atoms with Crippen molar-refractivity contribution in [3.05, 3.63) is 63.8 Å². The van der Waals surface area contributed by atoms with Crippen LogP contribution in [0.4, 0.5) is 23.1 Å². The molecule has 302 valence electrons. The number of fused-ring (bicyclic) bond motifs is 4. The van der Waals surface area contributed by atoms with Crippen LogP contribution < -0.4 is 36.5 Å². The number of carbonyl (C=O) groups excluding carboxylic acids is 3. The lowest BCUT2D eigenvalue weighted by molar-refractivity contribution is -0.226. The number of hydrogen-bond donors (Lipinski definition) is 4. The number of rotatable bonds is 9. The molecule has 4 atom stereocenters. The van der Waals surface area contributed by atoms with E-state index in [0.717, 1.165) is 55.4 Å². The summed E-state index contributed by atoms with van der Waals surface area (Å²) in [5.41, 5.74) is 2.97. The minimum Gasteiger partial charge on any atom is -0.478 e. The Labute approximate surface area is 337 Å². The molecular formula is C40H44ClN11O6. The molecule has 5 aromatic rings. The van der Waals surface area contributed by atoms with Gasteiger partial charge in [-0.1, -0.05) is 11.6 Å².